The van der Waals surface area contributed by atoms with Crippen molar-refractivity contribution in [2.24, 2.45) is 23.7 Å². The molecule has 0 saturated heterocycles. The molecule has 0 aromatic rings. The number of carbonyl (C=O) groups excluding carboxylic acids is 4. The van der Waals surface area contributed by atoms with Crippen LogP contribution in [0.15, 0.2) is 0 Å². The van der Waals surface area contributed by atoms with Crippen LogP contribution in [0.4, 0.5) is 0 Å². The summed E-state index contributed by atoms with van der Waals surface area (Å²) in [4.78, 5) is 72.3. The molecule has 0 aliphatic rings. The number of unbranched alkanes of at least 4 members (excludes halogenated alkanes) is 31. The number of aliphatic hydroxyl groups excluding tert-OH is 1. The highest BCUT2D eigenvalue weighted by Gasteiger charge is 2.30. The van der Waals surface area contributed by atoms with Crippen molar-refractivity contribution in [2.75, 3.05) is 39.6 Å². The summed E-state index contributed by atoms with van der Waals surface area (Å²) in [6.07, 6.45) is 39.3. The molecule has 0 bridgehead atoms. The summed E-state index contributed by atoms with van der Waals surface area (Å²) in [7, 11) is -9.90. The van der Waals surface area contributed by atoms with E-state index < -0.39 is 97.5 Å². The Balaban J connectivity index is 5.21. The molecule has 0 aliphatic heterocycles. The van der Waals surface area contributed by atoms with Gasteiger partial charge in [0, 0.05) is 25.7 Å². The fourth-order valence-corrected chi connectivity index (χ4v) is 11.7. The van der Waals surface area contributed by atoms with Crippen LogP contribution in [0.3, 0.4) is 0 Å². The van der Waals surface area contributed by atoms with E-state index in [0.29, 0.717) is 37.5 Å². The molecule has 0 heterocycles. The van der Waals surface area contributed by atoms with Crippen molar-refractivity contribution in [1.29, 1.82) is 0 Å². The second-order valence-corrected chi connectivity index (χ2v) is 29.4. The molecule has 0 rings (SSSR count). The smallest absolute Gasteiger partial charge is 0.462 e. The van der Waals surface area contributed by atoms with Crippen LogP contribution in [-0.2, 0) is 65.4 Å². The summed E-state index contributed by atoms with van der Waals surface area (Å²) in [5.74, 6) is 0.754. The number of ether oxygens (including phenoxy) is 4. The zero-order valence-corrected chi connectivity index (χ0v) is 58.4. The van der Waals surface area contributed by atoms with E-state index in [1.165, 1.54) is 122 Å². The molecule has 0 aromatic carbocycles. The van der Waals surface area contributed by atoms with Crippen LogP contribution in [0.1, 0.15) is 331 Å². The Kier molecular flexibility index (Phi) is 56.6. The molecule has 0 amide bonds. The number of hydrogen-bond donors (Lipinski definition) is 3. The highest BCUT2D eigenvalue weighted by Crippen LogP contribution is 2.45. The zero-order chi connectivity index (χ0) is 64.7. The van der Waals surface area contributed by atoms with Gasteiger partial charge in [-0.05, 0) is 49.4 Å². The van der Waals surface area contributed by atoms with E-state index >= 15 is 0 Å². The van der Waals surface area contributed by atoms with Gasteiger partial charge in [-0.3, -0.25) is 37.3 Å². The van der Waals surface area contributed by atoms with Crippen LogP contribution in [0.5, 0.6) is 0 Å². The van der Waals surface area contributed by atoms with Gasteiger partial charge in [-0.15, -0.1) is 0 Å². The van der Waals surface area contributed by atoms with Gasteiger partial charge in [0.1, 0.15) is 19.3 Å². The normalized spacial score (nSPS) is 14.3. The third kappa shape index (κ3) is 62.6. The molecule has 0 spiro atoms. The van der Waals surface area contributed by atoms with Gasteiger partial charge in [0.15, 0.2) is 12.2 Å². The Morgan fingerprint density at radius 2 is 0.483 bits per heavy atom. The number of rotatable bonds is 65. The van der Waals surface area contributed by atoms with E-state index in [1.54, 1.807) is 0 Å². The Hall–Kier alpha value is -1.94. The van der Waals surface area contributed by atoms with Crippen LogP contribution >= 0.6 is 15.6 Å². The van der Waals surface area contributed by atoms with E-state index in [9.17, 15) is 43.2 Å². The van der Waals surface area contributed by atoms with E-state index in [-0.39, 0.29) is 25.7 Å². The quantitative estimate of drug-likeness (QED) is 0.0222. The summed E-state index contributed by atoms with van der Waals surface area (Å²) in [5.41, 5.74) is 0. The fraction of sp³-hybridized carbons (Fsp3) is 0.941. The molecule has 516 valence electrons. The number of carbonyl (C=O) groups is 4. The molecule has 5 atom stereocenters. The van der Waals surface area contributed by atoms with Gasteiger partial charge in [-0.2, -0.15) is 0 Å². The molecule has 3 N–H and O–H groups in total. The van der Waals surface area contributed by atoms with Crippen LogP contribution in [0.2, 0.25) is 0 Å². The number of phosphoric ester groups is 2. The van der Waals surface area contributed by atoms with Crippen molar-refractivity contribution < 1.29 is 80.2 Å². The number of esters is 4. The molecule has 0 aliphatic carbocycles. The summed E-state index contributed by atoms with van der Waals surface area (Å²) in [5, 5.41) is 10.6. The fourth-order valence-electron chi connectivity index (χ4n) is 10.1. The van der Waals surface area contributed by atoms with Gasteiger partial charge in [-0.1, -0.05) is 280 Å². The average Bonchev–Trinajstić information content (AvgIpc) is 3.67. The first kappa shape index (κ1) is 85.1. The maximum Gasteiger partial charge on any atom is 0.472 e. The first-order chi connectivity index (χ1) is 41.6. The predicted octanol–water partition coefficient (Wildman–Crippen LogP) is 18.9. The number of hydrogen-bond acceptors (Lipinski definition) is 15. The summed E-state index contributed by atoms with van der Waals surface area (Å²) >= 11 is 0. The second-order valence-electron chi connectivity index (χ2n) is 26.5. The minimum Gasteiger partial charge on any atom is -0.462 e. The Morgan fingerprint density at radius 1 is 0.287 bits per heavy atom. The summed E-state index contributed by atoms with van der Waals surface area (Å²) in [6.45, 7) is 14.0. The van der Waals surface area contributed by atoms with Gasteiger partial charge in [0.25, 0.3) is 0 Å². The van der Waals surface area contributed by atoms with Gasteiger partial charge in [-0.25, -0.2) is 9.13 Å². The second kappa shape index (κ2) is 57.9. The Morgan fingerprint density at radius 3 is 0.713 bits per heavy atom. The van der Waals surface area contributed by atoms with Crippen molar-refractivity contribution in [3.8, 4) is 0 Å². The summed E-state index contributed by atoms with van der Waals surface area (Å²) < 4.78 is 68.1. The predicted molar refractivity (Wildman–Crippen MR) is 349 cm³/mol. The Labute approximate surface area is 530 Å². The van der Waals surface area contributed by atoms with E-state index in [2.05, 4.69) is 55.4 Å². The van der Waals surface area contributed by atoms with Gasteiger partial charge < -0.3 is 33.8 Å². The standard InChI is InChI=1S/C68H132O17P2/c1-58(2)44-36-28-20-16-13-11-9-10-12-14-18-22-34-42-50-67(72)84-63(54-78-65(70)48-40-32-26-24-30-38-46-60(5)6)56-82-86(74,75)80-52-62(69)53-81-87(76,77)83-57-64(55-79-66(71)49-41-33-27-25-31-39-47-61(7)8)85-68(73)51-43-35-23-19-15-17-21-29-37-45-59(3)4/h58-64,69H,9-57H2,1-8H3,(H,74,75)(H,76,77)/t62-,63+,64+/m0/s1. The van der Waals surface area contributed by atoms with Crippen molar-refractivity contribution in [2.45, 2.75) is 350 Å². The maximum atomic E-state index is 13.0. The number of phosphoric acid groups is 2. The SMILES string of the molecule is CC(C)CCCCCCCCCCCCCCCCC(=O)O[C@H](COC(=O)CCCCCCCCC(C)C)COP(=O)(O)OC[C@H](O)COP(=O)(O)OC[C@@H](COC(=O)CCCCCCCCC(C)C)OC(=O)CCCCCCCCCCCC(C)C. The molecular weight excluding hydrogens is 1150 g/mol. The highest BCUT2D eigenvalue weighted by atomic mass is 31.2. The lowest BCUT2D eigenvalue weighted by Gasteiger charge is -2.21. The lowest BCUT2D eigenvalue weighted by molar-refractivity contribution is -0.161. The van der Waals surface area contributed by atoms with Crippen LogP contribution in [-0.4, -0.2) is 96.7 Å². The van der Waals surface area contributed by atoms with Gasteiger partial charge in [0.05, 0.1) is 26.4 Å². The van der Waals surface area contributed by atoms with Crippen molar-refractivity contribution in [3.63, 3.8) is 0 Å². The number of aliphatic hydroxyl groups is 1. The molecular formula is C68H132O17P2. The molecule has 19 heteroatoms. The Bertz CT molecular complexity index is 1730. The third-order valence-electron chi connectivity index (χ3n) is 15.6. The van der Waals surface area contributed by atoms with Crippen molar-refractivity contribution >= 4 is 39.5 Å². The molecule has 0 radical (unpaired) electrons. The van der Waals surface area contributed by atoms with Gasteiger partial charge >= 0.3 is 39.5 Å². The monoisotopic (exact) mass is 1280 g/mol. The zero-order valence-electron chi connectivity index (χ0n) is 56.6. The molecule has 0 fully saturated rings. The molecule has 0 aromatic heterocycles. The molecule has 0 saturated carbocycles. The van der Waals surface area contributed by atoms with Crippen LogP contribution in [0, 0.1) is 23.7 Å². The first-order valence-electron chi connectivity index (χ1n) is 35.2. The lowest BCUT2D eigenvalue weighted by Crippen LogP contribution is -2.30. The highest BCUT2D eigenvalue weighted by molar-refractivity contribution is 7.47. The average molecular weight is 1280 g/mol. The van der Waals surface area contributed by atoms with E-state index in [4.69, 9.17) is 37.0 Å². The van der Waals surface area contributed by atoms with Gasteiger partial charge in [0.2, 0.25) is 0 Å². The molecule has 17 nitrogen and oxygen atoms in total. The van der Waals surface area contributed by atoms with Crippen molar-refractivity contribution in [3.05, 3.63) is 0 Å². The molecule has 87 heavy (non-hydrogen) atoms. The molecule has 2 unspecified atom stereocenters. The largest absolute Gasteiger partial charge is 0.472 e. The minimum absolute atomic E-state index is 0.104. The van der Waals surface area contributed by atoms with Crippen molar-refractivity contribution in [1.82, 2.24) is 0 Å². The third-order valence-corrected chi connectivity index (χ3v) is 17.5. The lowest BCUT2D eigenvalue weighted by atomic mass is 10.0. The van der Waals surface area contributed by atoms with E-state index in [1.807, 2.05) is 0 Å². The van der Waals surface area contributed by atoms with Crippen LogP contribution < -0.4 is 0 Å². The topological polar surface area (TPSA) is 237 Å². The minimum atomic E-state index is -4.95. The van der Waals surface area contributed by atoms with Crippen LogP contribution in [0.25, 0.3) is 0 Å². The maximum absolute atomic E-state index is 13.0. The first-order valence-corrected chi connectivity index (χ1v) is 38.2. The van der Waals surface area contributed by atoms with E-state index in [0.717, 1.165) is 115 Å². The summed E-state index contributed by atoms with van der Waals surface area (Å²) in [6, 6.07) is 0.